The van der Waals surface area contributed by atoms with Crippen LogP contribution in [0.2, 0.25) is 0 Å². The van der Waals surface area contributed by atoms with Crippen molar-refractivity contribution >= 4 is 17.2 Å². The molecule has 1 fully saturated rings. The van der Waals surface area contributed by atoms with E-state index in [4.69, 9.17) is 10.5 Å². The third-order valence-corrected chi connectivity index (χ3v) is 3.48. The number of rotatable bonds is 2. The molecule has 0 radical (unpaired) electrons. The number of amides is 1. The third-order valence-electron chi connectivity index (χ3n) is 2.36. The molecule has 1 amide bonds. The number of carbonyl (C=O) groups is 1. The van der Waals surface area contributed by atoms with Gasteiger partial charge in [0.05, 0.1) is 17.7 Å². The zero-order valence-corrected chi connectivity index (χ0v) is 8.69. The first-order valence-electron chi connectivity index (χ1n) is 4.40. The first kappa shape index (κ1) is 9.64. The van der Waals surface area contributed by atoms with Gasteiger partial charge in [-0.3, -0.25) is 10.1 Å². The molecule has 3 N–H and O–H groups in total. The van der Waals surface area contributed by atoms with Crippen LogP contribution in [-0.2, 0) is 4.74 Å². The minimum absolute atomic E-state index is 0.0688. The average molecular weight is 212 g/mol. The van der Waals surface area contributed by atoms with Crippen molar-refractivity contribution in [1.82, 2.24) is 5.32 Å². The van der Waals surface area contributed by atoms with Gasteiger partial charge in [0.2, 0.25) is 0 Å². The van der Waals surface area contributed by atoms with E-state index in [1.165, 1.54) is 11.3 Å². The van der Waals surface area contributed by atoms with E-state index >= 15 is 0 Å². The Balaban J connectivity index is 2.30. The Kier molecular flexibility index (Phi) is 2.54. The van der Waals surface area contributed by atoms with Crippen molar-refractivity contribution in [3.8, 4) is 0 Å². The lowest BCUT2D eigenvalue weighted by Gasteiger charge is -2.07. The summed E-state index contributed by atoms with van der Waals surface area (Å²) in [6, 6.07) is 0. The largest absolute Gasteiger partial charge is 0.365 e. The molecular weight excluding hydrogens is 200 g/mol. The molecule has 1 aromatic heterocycles. The predicted octanol–water partition coefficient (Wildman–Crippen LogP) is 0.774. The van der Waals surface area contributed by atoms with Crippen LogP contribution in [0.5, 0.6) is 0 Å². The lowest BCUT2D eigenvalue weighted by atomic mass is 10.1. The first-order valence-corrected chi connectivity index (χ1v) is 5.28. The van der Waals surface area contributed by atoms with Gasteiger partial charge >= 0.3 is 0 Å². The van der Waals surface area contributed by atoms with Crippen LogP contribution in [0.3, 0.4) is 0 Å². The van der Waals surface area contributed by atoms with E-state index in [0.29, 0.717) is 11.6 Å². The first-order chi connectivity index (χ1) is 6.70. The number of hydrogen-bond donors (Lipinski definition) is 2. The van der Waals surface area contributed by atoms with Crippen LogP contribution >= 0.6 is 11.3 Å². The van der Waals surface area contributed by atoms with Crippen LogP contribution in [0.1, 0.15) is 26.9 Å². The highest BCUT2D eigenvalue weighted by Crippen LogP contribution is 2.29. The zero-order valence-electron chi connectivity index (χ0n) is 7.87. The van der Waals surface area contributed by atoms with Gasteiger partial charge in [0, 0.05) is 6.54 Å². The maximum atomic E-state index is 11.0. The van der Waals surface area contributed by atoms with Crippen LogP contribution in [0.4, 0.5) is 0 Å². The molecular formula is C9H12N2O2S. The average Bonchev–Trinajstić information content (AvgIpc) is 2.71. The van der Waals surface area contributed by atoms with Gasteiger partial charge in [-0.2, -0.15) is 0 Å². The van der Waals surface area contributed by atoms with E-state index in [1.807, 2.05) is 12.3 Å². The molecule has 0 saturated carbocycles. The van der Waals surface area contributed by atoms with E-state index in [-0.39, 0.29) is 12.0 Å². The maximum absolute atomic E-state index is 11.0. The molecule has 0 aliphatic carbocycles. The van der Waals surface area contributed by atoms with Crippen molar-refractivity contribution in [3.63, 3.8) is 0 Å². The molecule has 1 saturated heterocycles. The summed E-state index contributed by atoms with van der Waals surface area (Å²) in [5, 5.41) is 5.05. The van der Waals surface area contributed by atoms with Crippen LogP contribution in [0.25, 0.3) is 0 Å². The van der Waals surface area contributed by atoms with E-state index in [9.17, 15) is 4.79 Å². The predicted molar refractivity (Wildman–Crippen MR) is 54.3 cm³/mol. The van der Waals surface area contributed by atoms with Crippen LogP contribution in [-0.4, -0.2) is 19.2 Å². The Labute approximate surface area is 86.1 Å². The van der Waals surface area contributed by atoms with Gasteiger partial charge in [-0.1, -0.05) is 0 Å². The van der Waals surface area contributed by atoms with Gasteiger partial charge < -0.3 is 10.5 Å². The molecule has 1 aromatic rings. The number of nitrogens with one attached hydrogen (secondary N) is 1. The second-order valence-electron chi connectivity index (χ2n) is 3.26. The van der Waals surface area contributed by atoms with E-state index in [0.717, 1.165) is 17.7 Å². The molecule has 2 rings (SSSR count). The summed E-state index contributed by atoms with van der Waals surface area (Å²) in [6.07, 6.45) is 0.0688. The van der Waals surface area contributed by atoms with Crippen molar-refractivity contribution in [2.75, 3.05) is 13.3 Å². The van der Waals surface area contributed by atoms with Gasteiger partial charge in [0.1, 0.15) is 0 Å². The molecule has 1 unspecified atom stereocenters. The fraction of sp³-hybridized carbons (Fsp3) is 0.444. The number of carbonyl (C=O) groups excluding carboxylic acids is 1. The van der Waals surface area contributed by atoms with E-state index < -0.39 is 0 Å². The van der Waals surface area contributed by atoms with Crippen LogP contribution in [0.15, 0.2) is 5.38 Å². The van der Waals surface area contributed by atoms with Gasteiger partial charge in [-0.15, -0.1) is 11.3 Å². The third kappa shape index (κ3) is 1.54. The molecule has 76 valence electrons. The Morgan fingerprint density at radius 3 is 3.07 bits per heavy atom. The summed E-state index contributed by atoms with van der Waals surface area (Å²) in [7, 11) is 0. The Bertz CT molecular complexity index is 356. The van der Waals surface area contributed by atoms with Crippen molar-refractivity contribution in [1.29, 1.82) is 0 Å². The highest BCUT2D eigenvalue weighted by atomic mass is 32.1. The second kappa shape index (κ2) is 3.68. The smallest absolute Gasteiger partial charge is 0.259 e. The Hall–Kier alpha value is -0.910. The van der Waals surface area contributed by atoms with E-state index in [1.54, 1.807) is 0 Å². The highest BCUT2D eigenvalue weighted by Gasteiger charge is 2.22. The zero-order chi connectivity index (χ0) is 10.1. The summed E-state index contributed by atoms with van der Waals surface area (Å²) < 4.78 is 5.46. The molecule has 1 aliphatic rings. The summed E-state index contributed by atoms with van der Waals surface area (Å²) in [5.74, 6) is -0.357. The lowest BCUT2D eigenvalue weighted by Crippen LogP contribution is -2.11. The normalized spacial score (nSPS) is 21.4. The second-order valence-corrected chi connectivity index (χ2v) is 4.14. The number of primary amides is 1. The van der Waals surface area contributed by atoms with E-state index in [2.05, 4.69) is 5.32 Å². The molecule has 0 bridgehead atoms. The highest BCUT2D eigenvalue weighted by molar-refractivity contribution is 7.12. The molecule has 1 aliphatic heterocycles. The van der Waals surface area contributed by atoms with Crippen molar-refractivity contribution in [2.24, 2.45) is 5.73 Å². The summed E-state index contributed by atoms with van der Waals surface area (Å²) >= 11 is 1.39. The van der Waals surface area contributed by atoms with Crippen LogP contribution < -0.4 is 11.1 Å². The Morgan fingerprint density at radius 2 is 2.57 bits per heavy atom. The van der Waals surface area contributed by atoms with Crippen molar-refractivity contribution in [2.45, 2.75) is 13.0 Å². The number of nitrogens with two attached hydrogens (primary N) is 1. The Morgan fingerprint density at radius 1 is 1.79 bits per heavy atom. The number of thiophene rings is 1. The number of hydrogen-bond acceptors (Lipinski definition) is 4. The molecule has 5 heteroatoms. The molecule has 0 spiro atoms. The van der Waals surface area contributed by atoms with Gasteiger partial charge in [-0.25, -0.2) is 0 Å². The minimum Gasteiger partial charge on any atom is -0.365 e. The fourth-order valence-electron chi connectivity index (χ4n) is 1.60. The SMILES string of the molecule is Cc1c(C2CNCO2)csc1C(N)=O. The number of ether oxygens (including phenoxy) is 1. The summed E-state index contributed by atoms with van der Waals surface area (Å²) in [4.78, 5) is 11.7. The van der Waals surface area contributed by atoms with Gasteiger partial charge in [-0.05, 0) is 23.4 Å². The molecule has 4 nitrogen and oxygen atoms in total. The molecule has 14 heavy (non-hydrogen) atoms. The molecule has 0 aromatic carbocycles. The van der Waals surface area contributed by atoms with Gasteiger partial charge in [0.15, 0.2) is 0 Å². The van der Waals surface area contributed by atoms with Crippen molar-refractivity contribution in [3.05, 3.63) is 21.4 Å². The monoisotopic (exact) mass is 212 g/mol. The quantitative estimate of drug-likeness (QED) is 0.761. The standard InChI is InChI=1S/C9H12N2O2S/c1-5-6(7-2-11-4-13-7)3-14-8(5)9(10)12/h3,7,11H,2,4H2,1H3,(H2,10,12). The topological polar surface area (TPSA) is 64.3 Å². The fourth-order valence-corrected chi connectivity index (χ4v) is 2.58. The minimum atomic E-state index is -0.357. The summed E-state index contributed by atoms with van der Waals surface area (Å²) in [5.41, 5.74) is 7.27. The summed E-state index contributed by atoms with van der Waals surface area (Å²) in [6.45, 7) is 3.29. The van der Waals surface area contributed by atoms with Crippen LogP contribution in [0, 0.1) is 6.92 Å². The van der Waals surface area contributed by atoms with Crippen molar-refractivity contribution < 1.29 is 9.53 Å². The maximum Gasteiger partial charge on any atom is 0.259 e. The van der Waals surface area contributed by atoms with Gasteiger partial charge in [0.25, 0.3) is 5.91 Å². The lowest BCUT2D eigenvalue weighted by molar-refractivity contribution is 0.100. The molecule has 1 atom stereocenters. The molecule has 2 heterocycles.